The van der Waals surface area contributed by atoms with E-state index in [2.05, 4.69) is 15.5 Å². The predicted octanol–water partition coefficient (Wildman–Crippen LogP) is 1.09. The van der Waals surface area contributed by atoms with Crippen molar-refractivity contribution in [2.75, 3.05) is 18.0 Å². The number of carboxylic acids is 1. The fourth-order valence-corrected chi connectivity index (χ4v) is 8.60. The molecule has 0 aromatic carbocycles. The number of β-lactam (4-membered cyclic amide) rings is 1. The van der Waals surface area contributed by atoms with Crippen LogP contribution in [0.25, 0.3) is 10.3 Å². The van der Waals surface area contributed by atoms with Crippen LogP contribution in [0.1, 0.15) is 5.69 Å². The number of thiazole rings is 1. The second-order valence-electron chi connectivity index (χ2n) is 7.58. The number of amides is 2. The SMILES string of the molecule is Nc1nc(C(=NO)C(=O)NC2C(=O)N3CC(Sc4cc(=O)c5occc5s4)(C(=O)O)CS[C@H]23)cs1. The van der Waals surface area contributed by atoms with E-state index in [-0.39, 0.29) is 39.8 Å². The van der Waals surface area contributed by atoms with Crippen LogP contribution in [-0.2, 0) is 14.4 Å². The van der Waals surface area contributed by atoms with Crippen molar-refractivity contribution in [2.45, 2.75) is 20.4 Å². The van der Waals surface area contributed by atoms with Crippen molar-refractivity contribution in [3.8, 4) is 0 Å². The van der Waals surface area contributed by atoms with Crippen molar-refractivity contribution in [3.05, 3.63) is 39.7 Å². The lowest BCUT2D eigenvalue weighted by Gasteiger charge is -2.53. The van der Waals surface area contributed by atoms with E-state index in [1.807, 2.05) is 0 Å². The van der Waals surface area contributed by atoms with E-state index >= 15 is 0 Å². The van der Waals surface area contributed by atoms with E-state index in [1.165, 1.54) is 45.7 Å². The van der Waals surface area contributed by atoms with Crippen LogP contribution in [0.5, 0.6) is 0 Å². The van der Waals surface area contributed by atoms with E-state index in [1.54, 1.807) is 6.07 Å². The number of thioether (sulfide) groups is 2. The first-order valence-corrected chi connectivity index (χ1v) is 13.4. The normalized spacial score (nSPS) is 24.2. The fraction of sp³-hybridized carbons (Fsp3) is 0.263. The van der Waals surface area contributed by atoms with Gasteiger partial charge in [0.1, 0.15) is 21.9 Å². The Balaban J connectivity index is 1.31. The van der Waals surface area contributed by atoms with Gasteiger partial charge in [-0.05, 0) is 6.07 Å². The van der Waals surface area contributed by atoms with Crippen molar-refractivity contribution in [1.82, 2.24) is 15.2 Å². The zero-order valence-electron chi connectivity index (χ0n) is 17.4. The van der Waals surface area contributed by atoms with Gasteiger partial charge in [0.2, 0.25) is 11.3 Å². The van der Waals surface area contributed by atoms with Gasteiger partial charge in [0.15, 0.2) is 16.4 Å². The first kappa shape index (κ1) is 23.7. The Labute approximate surface area is 212 Å². The van der Waals surface area contributed by atoms with Crippen LogP contribution in [0.2, 0.25) is 0 Å². The maximum Gasteiger partial charge on any atom is 0.322 e. The topological polar surface area (TPSA) is 188 Å². The molecule has 0 aliphatic carbocycles. The summed E-state index contributed by atoms with van der Waals surface area (Å²) in [6, 6.07) is 2.06. The Kier molecular flexibility index (Phi) is 5.98. The van der Waals surface area contributed by atoms with Crippen molar-refractivity contribution >= 4 is 85.1 Å². The molecule has 2 amide bonds. The molecule has 0 radical (unpaired) electrons. The van der Waals surface area contributed by atoms with E-state index in [4.69, 9.17) is 10.2 Å². The minimum Gasteiger partial charge on any atom is -0.480 e. The number of anilines is 1. The molecule has 5 N–H and O–H groups in total. The van der Waals surface area contributed by atoms with Gasteiger partial charge in [-0.3, -0.25) is 19.2 Å². The number of carboxylic acid groups (broad SMARTS) is 1. The monoisotopic (exact) mass is 553 g/mol. The third-order valence-electron chi connectivity index (χ3n) is 5.42. The van der Waals surface area contributed by atoms with Crippen molar-refractivity contribution in [3.63, 3.8) is 0 Å². The predicted molar refractivity (Wildman–Crippen MR) is 131 cm³/mol. The van der Waals surface area contributed by atoms with Gasteiger partial charge < -0.3 is 30.7 Å². The van der Waals surface area contributed by atoms with Gasteiger partial charge in [0, 0.05) is 23.7 Å². The summed E-state index contributed by atoms with van der Waals surface area (Å²) >= 11 is 4.53. The van der Waals surface area contributed by atoms with Crippen molar-refractivity contribution in [1.29, 1.82) is 0 Å². The smallest absolute Gasteiger partial charge is 0.322 e. The molecule has 2 aliphatic heterocycles. The van der Waals surface area contributed by atoms with Crippen LogP contribution < -0.4 is 16.5 Å². The number of aliphatic carboxylic acids is 1. The number of fused-ring (bicyclic) bond motifs is 2. The van der Waals surface area contributed by atoms with E-state index < -0.39 is 33.9 Å². The van der Waals surface area contributed by atoms with Crippen LogP contribution in [-0.4, -0.2) is 72.2 Å². The third-order valence-corrected chi connectivity index (χ3v) is 10.3. The molecule has 12 nitrogen and oxygen atoms in total. The number of rotatable bonds is 6. The van der Waals surface area contributed by atoms with E-state index in [9.17, 15) is 29.5 Å². The van der Waals surface area contributed by atoms with Gasteiger partial charge in [-0.2, -0.15) is 0 Å². The molecule has 2 aliphatic rings. The van der Waals surface area contributed by atoms with E-state index in [0.29, 0.717) is 8.91 Å². The maximum absolute atomic E-state index is 12.8. The molecule has 0 bridgehead atoms. The molecule has 182 valence electrons. The number of hydrogen-bond acceptors (Lipinski definition) is 13. The number of nitrogen functional groups attached to an aromatic ring is 1. The molecule has 2 saturated heterocycles. The summed E-state index contributed by atoms with van der Waals surface area (Å²) in [6.45, 7) is -0.107. The lowest BCUT2D eigenvalue weighted by atomic mass is 10.0. The number of nitrogens with zero attached hydrogens (tertiary/aromatic N) is 3. The Morgan fingerprint density at radius 1 is 1.40 bits per heavy atom. The molecule has 35 heavy (non-hydrogen) atoms. The quantitative estimate of drug-likeness (QED) is 0.148. The average molecular weight is 554 g/mol. The second kappa shape index (κ2) is 8.85. The highest BCUT2D eigenvalue weighted by Gasteiger charge is 2.58. The number of nitrogens with two attached hydrogens (primary N) is 1. The summed E-state index contributed by atoms with van der Waals surface area (Å²) in [7, 11) is 0. The molecule has 0 spiro atoms. The summed E-state index contributed by atoms with van der Waals surface area (Å²) < 4.78 is 4.88. The molecule has 0 saturated carbocycles. The molecular formula is C19H15N5O7S4. The first-order valence-electron chi connectivity index (χ1n) is 9.82. The summed E-state index contributed by atoms with van der Waals surface area (Å²) in [6.07, 6.45) is 1.40. The molecule has 5 rings (SSSR count). The van der Waals surface area contributed by atoms with Gasteiger partial charge in [-0.1, -0.05) is 16.9 Å². The molecule has 16 heteroatoms. The largest absolute Gasteiger partial charge is 0.480 e. The van der Waals surface area contributed by atoms with E-state index in [0.717, 1.165) is 23.1 Å². The minimum atomic E-state index is -1.39. The number of carbonyl (C=O) groups is 3. The highest BCUT2D eigenvalue weighted by molar-refractivity contribution is 8.06. The van der Waals surface area contributed by atoms with Crippen LogP contribution in [0.3, 0.4) is 0 Å². The number of hydrogen-bond donors (Lipinski definition) is 4. The van der Waals surface area contributed by atoms with Crippen LogP contribution >= 0.6 is 46.2 Å². The number of carbonyl (C=O) groups excluding carboxylic acids is 2. The third kappa shape index (κ3) is 4.05. The molecule has 3 aromatic rings. The zero-order chi connectivity index (χ0) is 24.9. The molecule has 2 fully saturated rings. The minimum absolute atomic E-state index is 0.0716. The standard InChI is InChI=1S/C19H15N5O7S4/c20-18-21-7(4-32-18)11(23-30)14(26)22-12-15(27)24-5-19(17(28)29,6-33-16(12)24)35-10-3-8(25)13-9(34-10)1-2-31-13/h1-4,12,16,30H,5-6H2,(H2,20,21)(H,22,26)(H,28,29)/t12?,16-,19?/m1/s1. The summed E-state index contributed by atoms with van der Waals surface area (Å²) in [5, 5.41) is 26.0. The molecular weight excluding hydrogens is 539 g/mol. The zero-order valence-corrected chi connectivity index (χ0v) is 20.6. The average Bonchev–Trinajstić information content (AvgIpc) is 3.47. The lowest BCUT2D eigenvalue weighted by molar-refractivity contribution is -0.151. The Morgan fingerprint density at radius 2 is 2.20 bits per heavy atom. The Morgan fingerprint density at radius 3 is 2.89 bits per heavy atom. The molecule has 2 unspecified atom stereocenters. The van der Waals surface area contributed by atoms with Gasteiger partial charge in [-0.15, -0.1) is 34.4 Å². The fourth-order valence-electron chi connectivity index (χ4n) is 3.72. The highest BCUT2D eigenvalue weighted by Crippen LogP contribution is 2.47. The Hall–Kier alpha value is -3.08. The van der Waals surface area contributed by atoms with Crippen LogP contribution in [0.15, 0.2) is 42.4 Å². The van der Waals surface area contributed by atoms with Gasteiger partial charge in [0.05, 0.1) is 15.2 Å². The second-order valence-corrected chi connectivity index (χ2v) is 12.3. The summed E-state index contributed by atoms with van der Waals surface area (Å²) in [4.78, 5) is 55.3. The number of aromatic nitrogens is 1. The maximum atomic E-state index is 12.8. The Bertz CT molecular complexity index is 1450. The number of nitrogens with one attached hydrogen (secondary N) is 1. The first-order chi connectivity index (χ1) is 16.7. The van der Waals surface area contributed by atoms with Crippen molar-refractivity contribution < 1.29 is 29.1 Å². The molecule has 5 heterocycles. The van der Waals surface area contributed by atoms with Gasteiger partial charge in [-0.25, -0.2) is 4.98 Å². The van der Waals surface area contributed by atoms with Crippen LogP contribution in [0, 0.1) is 0 Å². The van der Waals surface area contributed by atoms with Crippen LogP contribution in [0.4, 0.5) is 5.13 Å². The molecule has 3 atom stereocenters. The summed E-state index contributed by atoms with van der Waals surface area (Å²) in [5.74, 6) is -2.26. The highest BCUT2D eigenvalue weighted by atomic mass is 32.2. The van der Waals surface area contributed by atoms with Crippen molar-refractivity contribution in [2.24, 2.45) is 5.16 Å². The van der Waals surface area contributed by atoms with Gasteiger partial charge in [0.25, 0.3) is 5.91 Å². The molecule has 3 aromatic heterocycles. The summed E-state index contributed by atoms with van der Waals surface area (Å²) in [5.41, 5.74) is 5.11. The van der Waals surface area contributed by atoms with Gasteiger partial charge >= 0.3 is 5.97 Å². The lowest BCUT2D eigenvalue weighted by Crippen LogP contribution is -2.74. The number of oxime groups is 1. The number of furan rings is 1.